The minimum Gasteiger partial charge on any atom is -0.478 e. The van der Waals surface area contributed by atoms with Crippen LogP contribution in [0.4, 0.5) is 15.8 Å². The van der Waals surface area contributed by atoms with Crippen molar-refractivity contribution >= 4 is 17.3 Å². The number of aliphatic hydroxyl groups is 1. The third-order valence-corrected chi connectivity index (χ3v) is 3.18. The van der Waals surface area contributed by atoms with Crippen LogP contribution in [-0.2, 0) is 0 Å². The second kappa shape index (κ2) is 5.41. The van der Waals surface area contributed by atoms with Crippen LogP contribution >= 0.6 is 0 Å². The maximum Gasteiger partial charge on any atom is 0.338 e. The summed E-state index contributed by atoms with van der Waals surface area (Å²) in [5.74, 6) is -2.47. The van der Waals surface area contributed by atoms with Crippen LogP contribution in [0.1, 0.15) is 23.2 Å². The summed E-state index contributed by atoms with van der Waals surface area (Å²) in [7, 11) is 0. The minimum absolute atomic E-state index is 0.0529. The van der Waals surface area contributed by atoms with E-state index in [9.17, 15) is 24.4 Å². The van der Waals surface area contributed by atoms with Crippen molar-refractivity contribution in [3.8, 4) is 0 Å². The Morgan fingerprint density at radius 1 is 1.55 bits per heavy atom. The molecule has 0 spiro atoms. The summed E-state index contributed by atoms with van der Waals surface area (Å²) in [5.41, 5.74) is -1.44. The minimum atomic E-state index is -1.57. The number of benzene rings is 1. The lowest BCUT2D eigenvalue weighted by atomic mass is 10.1. The zero-order chi connectivity index (χ0) is 14.9. The predicted octanol–water partition coefficient (Wildman–Crippen LogP) is 1.61. The molecule has 1 aliphatic carbocycles. The van der Waals surface area contributed by atoms with E-state index in [0.29, 0.717) is 6.07 Å². The fourth-order valence-corrected chi connectivity index (χ4v) is 1.88. The molecular formula is C12H13FN2O5. The number of nitrogens with zero attached hydrogens (tertiary/aromatic N) is 1. The fourth-order valence-electron chi connectivity index (χ4n) is 1.88. The molecule has 2 rings (SSSR count). The second-order valence-electron chi connectivity index (χ2n) is 4.70. The van der Waals surface area contributed by atoms with Crippen LogP contribution in [0, 0.1) is 21.8 Å². The lowest BCUT2D eigenvalue weighted by Gasteiger charge is -2.12. The summed E-state index contributed by atoms with van der Waals surface area (Å²) >= 11 is 0. The molecule has 0 aromatic heterocycles. The number of hydrogen-bond donors (Lipinski definition) is 3. The number of nitro benzene ring substituents is 1. The number of nitro groups is 1. The molecule has 108 valence electrons. The molecule has 0 amide bonds. The predicted molar refractivity (Wildman–Crippen MR) is 67.2 cm³/mol. The van der Waals surface area contributed by atoms with Gasteiger partial charge in [-0.25, -0.2) is 9.18 Å². The van der Waals surface area contributed by atoms with Crippen LogP contribution in [0.15, 0.2) is 12.1 Å². The number of halogens is 1. The molecule has 1 fully saturated rings. The van der Waals surface area contributed by atoms with E-state index < -0.39 is 34.1 Å². The fraction of sp³-hybridized carbons (Fsp3) is 0.417. The molecule has 7 nitrogen and oxygen atoms in total. The third kappa shape index (κ3) is 3.02. The SMILES string of the molecule is O=C(O)c1cc([N+](=O)[O-])c(NCC(O)C2CC2)cc1F. The Kier molecular flexibility index (Phi) is 3.84. The van der Waals surface area contributed by atoms with Crippen molar-refractivity contribution in [2.45, 2.75) is 18.9 Å². The molecular weight excluding hydrogens is 271 g/mol. The van der Waals surface area contributed by atoms with E-state index in [0.717, 1.165) is 18.9 Å². The number of aliphatic hydroxyl groups excluding tert-OH is 1. The van der Waals surface area contributed by atoms with Gasteiger partial charge in [-0.2, -0.15) is 0 Å². The van der Waals surface area contributed by atoms with Gasteiger partial charge in [-0.1, -0.05) is 0 Å². The summed E-state index contributed by atoms with van der Waals surface area (Å²) in [6.07, 6.45) is 1.14. The van der Waals surface area contributed by atoms with E-state index >= 15 is 0 Å². The highest BCUT2D eigenvalue weighted by Crippen LogP contribution is 2.33. The molecule has 0 saturated heterocycles. The van der Waals surface area contributed by atoms with Crippen molar-refractivity contribution in [3.05, 3.63) is 33.6 Å². The van der Waals surface area contributed by atoms with Gasteiger partial charge in [0.2, 0.25) is 0 Å². The largest absolute Gasteiger partial charge is 0.478 e. The van der Waals surface area contributed by atoms with Crippen molar-refractivity contribution in [3.63, 3.8) is 0 Å². The number of hydrogen-bond acceptors (Lipinski definition) is 5. The Hall–Kier alpha value is -2.22. The Bertz CT molecular complexity index is 559. The first-order valence-electron chi connectivity index (χ1n) is 6.03. The number of anilines is 1. The van der Waals surface area contributed by atoms with Gasteiger partial charge >= 0.3 is 5.97 Å². The first-order valence-corrected chi connectivity index (χ1v) is 6.03. The van der Waals surface area contributed by atoms with Crippen LogP contribution in [-0.4, -0.2) is 33.8 Å². The molecule has 0 heterocycles. The maximum absolute atomic E-state index is 13.5. The Morgan fingerprint density at radius 2 is 2.20 bits per heavy atom. The summed E-state index contributed by atoms with van der Waals surface area (Å²) in [6.45, 7) is 0.0529. The molecule has 1 unspecified atom stereocenters. The molecule has 8 heteroatoms. The van der Waals surface area contributed by atoms with Gasteiger partial charge in [-0.15, -0.1) is 0 Å². The van der Waals surface area contributed by atoms with E-state index in [2.05, 4.69) is 5.32 Å². The van der Waals surface area contributed by atoms with Crippen LogP contribution in [0.5, 0.6) is 0 Å². The van der Waals surface area contributed by atoms with Gasteiger partial charge in [-0.3, -0.25) is 10.1 Å². The number of carboxylic acid groups (broad SMARTS) is 1. The molecule has 0 bridgehead atoms. The lowest BCUT2D eigenvalue weighted by molar-refractivity contribution is -0.384. The Morgan fingerprint density at radius 3 is 2.70 bits per heavy atom. The van der Waals surface area contributed by atoms with Gasteiger partial charge in [-0.05, 0) is 18.8 Å². The monoisotopic (exact) mass is 284 g/mol. The number of carbonyl (C=O) groups is 1. The first kappa shape index (κ1) is 14.2. The Balaban J connectivity index is 2.23. The van der Waals surface area contributed by atoms with Gasteiger partial charge in [0, 0.05) is 18.7 Å². The standard InChI is InChI=1S/C12H13FN2O5/c13-8-4-9(14-5-11(16)6-1-2-6)10(15(19)20)3-7(8)12(17)18/h3-4,6,11,14,16H,1-2,5H2,(H,17,18). The molecule has 1 aliphatic rings. The molecule has 0 radical (unpaired) electrons. The quantitative estimate of drug-likeness (QED) is 0.540. The van der Waals surface area contributed by atoms with Crippen molar-refractivity contribution in [2.24, 2.45) is 5.92 Å². The molecule has 1 atom stereocenters. The van der Waals surface area contributed by atoms with Gasteiger partial charge in [0.15, 0.2) is 0 Å². The molecule has 1 aromatic rings. The first-order chi connectivity index (χ1) is 9.40. The molecule has 0 aliphatic heterocycles. The second-order valence-corrected chi connectivity index (χ2v) is 4.70. The van der Waals surface area contributed by atoms with Gasteiger partial charge in [0.25, 0.3) is 5.69 Å². The van der Waals surface area contributed by atoms with Gasteiger partial charge in [0.1, 0.15) is 17.1 Å². The van der Waals surface area contributed by atoms with Crippen molar-refractivity contribution in [1.29, 1.82) is 0 Å². The topological polar surface area (TPSA) is 113 Å². The Labute approximate surface area is 113 Å². The molecule has 3 N–H and O–H groups in total. The maximum atomic E-state index is 13.5. The molecule has 1 aromatic carbocycles. The zero-order valence-electron chi connectivity index (χ0n) is 10.4. The van der Waals surface area contributed by atoms with E-state index in [-0.39, 0.29) is 18.2 Å². The lowest BCUT2D eigenvalue weighted by Crippen LogP contribution is -2.22. The molecule has 20 heavy (non-hydrogen) atoms. The van der Waals surface area contributed by atoms with Crippen molar-refractivity contribution in [1.82, 2.24) is 0 Å². The highest BCUT2D eigenvalue weighted by Gasteiger charge is 2.30. The van der Waals surface area contributed by atoms with Gasteiger partial charge < -0.3 is 15.5 Å². The summed E-state index contributed by atoms with van der Waals surface area (Å²) in [4.78, 5) is 20.8. The number of nitrogens with one attached hydrogen (secondary N) is 1. The van der Waals surface area contributed by atoms with E-state index in [1.807, 2.05) is 0 Å². The normalized spacial score (nSPS) is 15.7. The smallest absolute Gasteiger partial charge is 0.338 e. The zero-order valence-corrected chi connectivity index (χ0v) is 10.4. The summed E-state index contributed by atoms with van der Waals surface area (Å²) < 4.78 is 13.5. The third-order valence-electron chi connectivity index (χ3n) is 3.18. The summed E-state index contributed by atoms with van der Waals surface area (Å²) in [6, 6.07) is 1.44. The number of carboxylic acids is 1. The van der Waals surface area contributed by atoms with Crippen LogP contribution in [0.2, 0.25) is 0 Å². The number of rotatable bonds is 6. The average Bonchev–Trinajstić information content (AvgIpc) is 3.19. The van der Waals surface area contributed by atoms with Crippen LogP contribution < -0.4 is 5.32 Å². The van der Waals surface area contributed by atoms with E-state index in [4.69, 9.17) is 5.11 Å². The average molecular weight is 284 g/mol. The van der Waals surface area contributed by atoms with E-state index in [1.165, 1.54) is 0 Å². The highest BCUT2D eigenvalue weighted by atomic mass is 19.1. The van der Waals surface area contributed by atoms with Gasteiger partial charge in [0.05, 0.1) is 11.0 Å². The van der Waals surface area contributed by atoms with Crippen LogP contribution in [0.25, 0.3) is 0 Å². The van der Waals surface area contributed by atoms with E-state index in [1.54, 1.807) is 0 Å². The summed E-state index contributed by atoms with van der Waals surface area (Å²) in [5, 5.41) is 31.9. The van der Waals surface area contributed by atoms with Crippen molar-refractivity contribution < 1.29 is 24.3 Å². The molecule has 1 saturated carbocycles. The van der Waals surface area contributed by atoms with Crippen molar-refractivity contribution in [2.75, 3.05) is 11.9 Å². The number of aromatic carboxylic acids is 1. The highest BCUT2D eigenvalue weighted by molar-refractivity contribution is 5.90. The van der Waals surface area contributed by atoms with Crippen LogP contribution in [0.3, 0.4) is 0 Å².